The number of hydrogen-bond acceptors (Lipinski definition) is 5. The first-order chi connectivity index (χ1) is 9.86. The molecule has 21 heavy (non-hydrogen) atoms. The zero-order valence-corrected chi connectivity index (χ0v) is 14.0. The number of hydrazine groups is 1. The predicted molar refractivity (Wildman–Crippen MR) is 88.5 cm³/mol. The normalized spacial score (nSPS) is 19.7. The fraction of sp³-hybridized carbons (Fsp3) is 0.750. The summed E-state index contributed by atoms with van der Waals surface area (Å²) in [5, 5.41) is 0. The first-order valence-corrected chi connectivity index (χ1v) is 7.97. The quantitative estimate of drug-likeness (QED) is 0.662. The highest BCUT2D eigenvalue weighted by Crippen LogP contribution is 2.31. The van der Waals surface area contributed by atoms with Crippen molar-refractivity contribution in [2.75, 3.05) is 23.4 Å². The number of nitrogens with one attached hydrogen (secondary N) is 1. The second-order valence-corrected chi connectivity index (χ2v) is 7.10. The summed E-state index contributed by atoms with van der Waals surface area (Å²) in [6.45, 7) is 12.9. The maximum atomic E-state index is 5.66. The van der Waals surface area contributed by atoms with Crippen molar-refractivity contribution >= 4 is 11.6 Å². The van der Waals surface area contributed by atoms with Crippen LogP contribution in [0.1, 0.15) is 58.3 Å². The Kier molecular flexibility index (Phi) is 4.71. The van der Waals surface area contributed by atoms with Crippen LogP contribution in [0, 0.1) is 12.8 Å². The molecule has 1 aromatic rings. The zero-order chi connectivity index (χ0) is 15.6. The van der Waals surface area contributed by atoms with Crippen molar-refractivity contribution < 1.29 is 0 Å². The lowest BCUT2D eigenvalue weighted by atomic mass is 9.94. The van der Waals surface area contributed by atoms with Gasteiger partial charge in [0, 0.05) is 24.1 Å². The van der Waals surface area contributed by atoms with Crippen molar-refractivity contribution in [2.24, 2.45) is 11.8 Å². The summed E-state index contributed by atoms with van der Waals surface area (Å²) in [5.74, 6) is 9.04. The molecule has 0 amide bonds. The maximum Gasteiger partial charge on any atom is 0.148 e. The third kappa shape index (κ3) is 3.46. The van der Waals surface area contributed by atoms with E-state index in [9.17, 15) is 0 Å². The van der Waals surface area contributed by atoms with Crippen LogP contribution in [-0.4, -0.2) is 23.1 Å². The number of nitrogens with zero attached hydrogens (tertiary/aromatic N) is 3. The van der Waals surface area contributed by atoms with Crippen molar-refractivity contribution in [1.29, 1.82) is 0 Å². The Hall–Kier alpha value is -1.36. The fourth-order valence-corrected chi connectivity index (χ4v) is 2.88. The van der Waals surface area contributed by atoms with Gasteiger partial charge in [-0.25, -0.2) is 15.8 Å². The summed E-state index contributed by atoms with van der Waals surface area (Å²) < 4.78 is 0. The minimum absolute atomic E-state index is 0.0893. The Morgan fingerprint density at radius 1 is 1.33 bits per heavy atom. The molecular weight excluding hydrogens is 262 g/mol. The highest BCUT2D eigenvalue weighted by Gasteiger charge is 2.26. The Morgan fingerprint density at radius 3 is 2.62 bits per heavy atom. The summed E-state index contributed by atoms with van der Waals surface area (Å²) >= 11 is 0. The van der Waals surface area contributed by atoms with Crippen LogP contribution < -0.4 is 16.2 Å². The molecule has 2 heterocycles. The van der Waals surface area contributed by atoms with E-state index < -0.39 is 0 Å². The van der Waals surface area contributed by atoms with Crippen molar-refractivity contribution in [3.05, 3.63) is 11.4 Å². The average Bonchev–Trinajstić information content (AvgIpc) is 2.46. The third-order valence-electron chi connectivity index (χ3n) is 4.32. The molecule has 1 unspecified atom stereocenters. The third-order valence-corrected chi connectivity index (χ3v) is 4.32. The van der Waals surface area contributed by atoms with E-state index in [-0.39, 0.29) is 5.41 Å². The molecule has 1 saturated heterocycles. The zero-order valence-electron chi connectivity index (χ0n) is 14.0. The standard InChI is InChI=1S/C16H29N5/c1-6-12-8-7-9-21(10-12)14-11(2)13(20-17)18-15(19-14)16(3,4)5/h12H,6-10,17H2,1-5H3,(H,18,19,20). The second-order valence-electron chi connectivity index (χ2n) is 7.10. The van der Waals surface area contributed by atoms with Gasteiger partial charge < -0.3 is 10.3 Å². The van der Waals surface area contributed by atoms with Crippen molar-refractivity contribution in [3.63, 3.8) is 0 Å². The SMILES string of the molecule is CCC1CCCN(c2nc(C(C)(C)C)nc(NN)c2C)C1. The van der Waals surface area contributed by atoms with Gasteiger partial charge in [0.05, 0.1) is 0 Å². The van der Waals surface area contributed by atoms with E-state index >= 15 is 0 Å². The van der Waals surface area contributed by atoms with Gasteiger partial charge in [0.2, 0.25) is 0 Å². The molecule has 118 valence electrons. The van der Waals surface area contributed by atoms with Crippen LogP contribution in [0.25, 0.3) is 0 Å². The lowest BCUT2D eigenvalue weighted by Gasteiger charge is -2.35. The van der Waals surface area contributed by atoms with Gasteiger partial charge >= 0.3 is 0 Å². The van der Waals surface area contributed by atoms with Crippen molar-refractivity contribution in [1.82, 2.24) is 9.97 Å². The van der Waals surface area contributed by atoms with Crippen LogP contribution in [0.4, 0.5) is 11.6 Å². The largest absolute Gasteiger partial charge is 0.356 e. The first-order valence-electron chi connectivity index (χ1n) is 7.97. The molecule has 0 aromatic carbocycles. The number of piperidine rings is 1. The molecule has 1 aliphatic rings. The molecule has 1 aromatic heterocycles. The van der Waals surface area contributed by atoms with E-state index in [1.807, 2.05) is 6.92 Å². The van der Waals surface area contributed by atoms with Gasteiger partial charge in [-0.05, 0) is 25.7 Å². The van der Waals surface area contributed by atoms with Crippen LogP contribution >= 0.6 is 0 Å². The Morgan fingerprint density at radius 2 is 2.05 bits per heavy atom. The van der Waals surface area contributed by atoms with Crippen LogP contribution in [0.15, 0.2) is 0 Å². The van der Waals surface area contributed by atoms with Gasteiger partial charge in [-0.2, -0.15) is 0 Å². The van der Waals surface area contributed by atoms with E-state index in [1.165, 1.54) is 19.3 Å². The van der Waals surface area contributed by atoms with Gasteiger partial charge in [-0.3, -0.25) is 0 Å². The number of nitrogens with two attached hydrogens (primary N) is 1. The molecule has 5 heteroatoms. The first kappa shape index (κ1) is 16.0. The molecule has 2 rings (SSSR count). The van der Waals surface area contributed by atoms with Gasteiger partial charge in [-0.15, -0.1) is 0 Å². The number of rotatable bonds is 3. The van der Waals surface area contributed by atoms with Crippen molar-refractivity contribution in [2.45, 2.75) is 59.3 Å². The summed E-state index contributed by atoms with van der Waals surface area (Å²) in [4.78, 5) is 11.9. The van der Waals surface area contributed by atoms with Crippen LogP contribution in [0.2, 0.25) is 0 Å². The van der Waals surface area contributed by atoms with Crippen LogP contribution in [0.3, 0.4) is 0 Å². The topological polar surface area (TPSA) is 67.1 Å². The molecule has 0 aliphatic carbocycles. The number of aromatic nitrogens is 2. The van der Waals surface area contributed by atoms with E-state index in [2.05, 4.69) is 43.0 Å². The Balaban J connectivity index is 2.41. The number of nitrogen functional groups attached to an aromatic ring is 1. The van der Waals surface area contributed by atoms with Gasteiger partial charge in [0.1, 0.15) is 17.5 Å². The maximum absolute atomic E-state index is 5.66. The molecule has 5 nitrogen and oxygen atoms in total. The summed E-state index contributed by atoms with van der Waals surface area (Å²) in [7, 11) is 0. The molecule has 0 saturated carbocycles. The van der Waals surface area contributed by atoms with E-state index in [4.69, 9.17) is 10.8 Å². The van der Waals surface area contributed by atoms with Gasteiger partial charge in [0.25, 0.3) is 0 Å². The Bertz CT molecular complexity index is 492. The second kappa shape index (κ2) is 6.18. The number of hydrogen-bond donors (Lipinski definition) is 2. The monoisotopic (exact) mass is 291 g/mol. The smallest absolute Gasteiger partial charge is 0.148 e. The highest BCUT2D eigenvalue weighted by atomic mass is 15.3. The number of anilines is 2. The lowest BCUT2D eigenvalue weighted by molar-refractivity contribution is 0.401. The summed E-state index contributed by atoms with van der Waals surface area (Å²) in [6, 6.07) is 0. The van der Waals surface area contributed by atoms with Crippen LogP contribution in [-0.2, 0) is 5.41 Å². The average molecular weight is 291 g/mol. The molecular formula is C16H29N5. The van der Waals surface area contributed by atoms with Crippen molar-refractivity contribution in [3.8, 4) is 0 Å². The molecule has 1 fully saturated rings. The lowest BCUT2D eigenvalue weighted by Crippen LogP contribution is -2.37. The minimum atomic E-state index is -0.0893. The minimum Gasteiger partial charge on any atom is -0.356 e. The molecule has 1 aliphatic heterocycles. The van der Waals surface area contributed by atoms with E-state index in [0.29, 0.717) is 0 Å². The summed E-state index contributed by atoms with van der Waals surface area (Å²) in [6.07, 6.45) is 3.79. The fourth-order valence-electron chi connectivity index (χ4n) is 2.88. The highest BCUT2D eigenvalue weighted by molar-refractivity contribution is 5.58. The summed E-state index contributed by atoms with van der Waals surface area (Å²) in [5.41, 5.74) is 3.69. The molecule has 0 spiro atoms. The van der Waals surface area contributed by atoms with Gasteiger partial charge in [-0.1, -0.05) is 34.1 Å². The Labute approximate surface area is 128 Å². The van der Waals surface area contributed by atoms with E-state index in [1.54, 1.807) is 0 Å². The van der Waals surface area contributed by atoms with Crippen LogP contribution in [0.5, 0.6) is 0 Å². The van der Waals surface area contributed by atoms with Gasteiger partial charge in [0.15, 0.2) is 0 Å². The molecule has 1 atom stereocenters. The molecule has 0 bridgehead atoms. The predicted octanol–water partition coefficient (Wildman–Crippen LogP) is 2.99. The molecule has 0 radical (unpaired) electrons. The van der Waals surface area contributed by atoms with E-state index in [0.717, 1.165) is 42.0 Å². The molecule has 3 N–H and O–H groups in total.